The summed E-state index contributed by atoms with van der Waals surface area (Å²) in [4.78, 5) is 11.7. The second kappa shape index (κ2) is 7.63. The Kier molecular flexibility index (Phi) is 6.47. The number of amides is 1. The molecule has 20 heavy (non-hydrogen) atoms. The number of hydrogen-bond donors (Lipinski definition) is 3. The minimum atomic E-state index is -3.88. The Bertz CT molecular complexity index is 544. The largest absolute Gasteiger partial charge is 0.326 e. The van der Waals surface area contributed by atoms with Gasteiger partial charge < -0.3 is 11.5 Å². The molecular weight excluding hydrogens is 298 g/mol. The molecule has 1 unspecified atom stereocenters. The van der Waals surface area contributed by atoms with E-state index in [4.69, 9.17) is 11.5 Å². The number of nitrogens with two attached hydrogens (primary N) is 2. The topological polar surface area (TPSA) is 115 Å². The van der Waals surface area contributed by atoms with Gasteiger partial charge in [-0.2, -0.15) is 11.8 Å². The van der Waals surface area contributed by atoms with Crippen molar-refractivity contribution in [3.05, 3.63) is 29.8 Å². The first-order valence-electron chi connectivity index (χ1n) is 6.01. The number of sulfonamides is 1. The van der Waals surface area contributed by atoms with Gasteiger partial charge in [0.05, 0.1) is 10.9 Å². The summed E-state index contributed by atoms with van der Waals surface area (Å²) in [7, 11) is -3.88. The number of benzene rings is 1. The van der Waals surface area contributed by atoms with Gasteiger partial charge in [-0.1, -0.05) is 12.1 Å². The summed E-state index contributed by atoms with van der Waals surface area (Å²) < 4.78 is 26.0. The maximum Gasteiger partial charge on any atom is 0.264 e. The van der Waals surface area contributed by atoms with Crippen LogP contribution < -0.4 is 16.2 Å². The molecule has 0 heterocycles. The van der Waals surface area contributed by atoms with Crippen molar-refractivity contribution in [2.75, 3.05) is 12.0 Å². The lowest BCUT2D eigenvalue weighted by Crippen LogP contribution is -2.43. The van der Waals surface area contributed by atoms with Crippen LogP contribution in [0.25, 0.3) is 0 Å². The van der Waals surface area contributed by atoms with Crippen LogP contribution in [0.4, 0.5) is 0 Å². The molecule has 0 aliphatic carbocycles. The third kappa shape index (κ3) is 4.78. The molecule has 1 aromatic carbocycles. The maximum atomic E-state index is 12.0. The fourth-order valence-electron chi connectivity index (χ4n) is 1.45. The van der Waals surface area contributed by atoms with Gasteiger partial charge in [0.25, 0.3) is 15.9 Å². The summed E-state index contributed by atoms with van der Waals surface area (Å²) in [6.45, 7) is 0.326. The fourth-order valence-corrected chi connectivity index (χ4v) is 2.97. The van der Waals surface area contributed by atoms with E-state index in [-0.39, 0.29) is 4.90 Å². The van der Waals surface area contributed by atoms with E-state index in [1.165, 1.54) is 12.1 Å². The summed E-state index contributed by atoms with van der Waals surface area (Å²) in [5.41, 5.74) is 11.9. The van der Waals surface area contributed by atoms with E-state index < -0.39 is 22.0 Å². The first kappa shape index (κ1) is 17.0. The average Bonchev–Trinajstić information content (AvgIpc) is 2.44. The van der Waals surface area contributed by atoms with Crippen molar-refractivity contribution in [1.82, 2.24) is 4.72 Å². The van der Waals surface area contributed by atoms with Gasteiger partial charge in [-0.3, -0.25) is 4.79 Å². The molecule has 0 radical (unpaired) electrons. The Morgan fingerprint density at radius 2 is 1.95 bits per heavy atom. The number of carbonyl (C=O) groups is 1. The molecule has 0 saturated heterocycles. The van der Waals surface area contributed by atoms with E-state index in [0.29, 0.717) is 18.7 Å². The molecule has 1 atom stereocenters. The lowest BCUT2D eigenvalue weighted by atomic mass is 10.2. The molecule has 0 bridgehead atoms. The monoisotopic (exact) mass is 317 g/mol. The first-order chi connectivity index (χ1) is 9.40. The normalized spacial score (nSPS) is 12.9. The molecule has 6 nitrogen and oxygen atoms in total. The Morgan fingerprint density at radius 1 is 1.35 bits per heavy atom. The summed E-state index contributed by atoms with van der Waals surface area (Å²) in [5.74, 6) is 0.00164. The summed E-state index contributed by atoms with van der Waals surface area (Å²) in [6.07, 6.45) is 2.31. The molecule has 1 rings (SSSR count). The Hall–Kier alpha value is -1.09. The van der Waals surface area contributed by atoms with Crippen LogP contribution in [0.15, 0.2) is 29.2 Å². The van der Waals surface area contributed by atoms with Gasteiger partial charge in [-0.05, 0) is 36.1 Å². The van der Waals surface area contributed by atoms with E-state index >= 15 is 0 Å². The van der Waals surface area contributed by atoms with Gasteiger partial charge in [0.2, 0.25) is 0 Å². The molecule has 0 aliphatic rings. The number of thioether (sulfide) groups is 1. The van der Waals surface area contributed by atoms with Crippen LogP contribution in [0, 0.1) is 0 Å². The van der Waals surface area contributed by atoms with E-state index in [0.717, 1.165) is 5.56 Å². The van der Waals surface area contributed by atoms with E-state index in [1.807, 2.05) is 11.0 Å². The molecule has 1 amide bonds. The Labute approximate surface area is 123 Å². The van der Waals surface area contributed by atoms with Crippen LogP contribution in [0.1, 0.15) is 12.0 Å². The van der Waals surface area contributed by atoms with Crippen LogP contribution in [-0.4, -0.2) is 32.4 Å². The van der Waals surface area contributed by atoms with Gasteiger partial charge in [0.1, 0.15) is 0 Å². The SMILES string of the molecule is CSCCC(N)C(=O)NS(=O)(=O)c1ccc(CN)cc1. The Balaban J connectivity index is 2.75. The quantitative estimate of drug-likeness (QED) is 0.653. The van der Waals surface area contributed by atoms with E-state index in [9.17, 15) is 13.2 Å². The van der Waals surface area contributed by atoms with Crippen molar-refractivity contribution in [2.45, 2.75) is 23.9 Å². The summed E-state index contributed by atoms with van der Waals surface area (Å²) in [5, 5.41) is 0. The third-order valence-corrected chi connectivity index (χ3v) is 4.68. The number of hydrogen-bond acceptors (Lipinski definition) is 6. The molecular formula is C12H19N3O3S2. The van der Waals surface area contributed by atoms with Gasteiger partial charge in [0, 0.05) is 6.54 Å². The van der Waals surface area contributed by atoms with Crippen LogP contribution >= 0.6 is 11.8 Å². The zero-order chi connectivity index (χ0) is 15.2. The first-order valence-corrected chi connectivity index (χ1v) is 8.88. The van der Waals surface area contributed by atoms with Gasteiger partial charge >= 0.3 is 0 Å². The number of nitrogens with one attached hydrogen (secondary N) is 1. The van der Waals surface area contributed by atoms with Crippen molar-refractivity contribution in [2.24, 2.45) is 11.5 Å². The number of carbonyl (C=O) groups excluding carboxylic acids is 1. The molecule has 1 aromatic rings. The molecule has 0 spiro atoms. The molecule has 8 heteroatoms. The standard InChI is InChI=1S/C12H19N3O3S2/c1-19-7-6-11(14)12(16)15-20(17,18)10-4-2-9(8-13)3-5-10/h2-5,11H,6-8,13-14H2,1H3,(H,15,16). The predicted octanol–water partition coefficient (Wildman–Crippen LogP) is 0.0306. The molecule has 0 saturated carbocycles. The molecule has 0 aliphatic heterocycles. The van der Waals surface area contributed by atoms with Crippen LogP contribution in [0.5, 0.6) is 0 Å². The fraction of sp³-hybridized carbons (Fsp3) is 0.417. The predicted molar refractivity (Wildman–Crippen MR) is 80.6 cm³/mol. The second-order valence-corrected chi connectivity index (χ2v) is 6.87. The number of rotatable bonds is 7. The minimum Gasteiger partial charge on any atom is -0.326 e. The van der Waals surface area contributed by atoms with E-state index in [2.05, 4.69) is 0 Å². The van der Waals surface area contributed by atoms with Crippen molar-refractivity contribution >= 4 is 27.7 Å². The average molecular weight is 317 g/mol. The highest BCUT2D eigenvalue weighted by Gasteiger charge is 2.21. The van der Waals surface area contributed by atoms with Crippen LogP contribution in [0.3, 0.4) is 0 Å². The van der Waals surface area contributed by atoms with Gasteiger partial charge in [0.15, 0.2) is 0 Å². The molecule has 0 fully saturated rings. The minimum absolute atomic E-state index is 0.0140. The molecule has 5 N–H and O–H groups in total. The lowest BCUT2D eigenvalue weighted by Gasteiger charge is -2.12. The maximum absolute atomic E-state index is 12.0. The van der Waals surface area contributed by atoms with Crippen LogP contribution in [-0.2, 0) is 21.4 Å². The summed E-state index contributed by atoms with van der Waals surface area (Å²) in [6, 6.07) is 5.19. The zero-order valence-corrected chi connectivity index (χ0v) is 12.8. The van der Waals surface area contributed by atoms with Gasteiger partial charge in [-0.15, -0.1) is 0 Å². The highest BCUT2D eigenvalue weighted by molar-refractivity contribution is 7.98. The smallest absolute Gasteiger partial charge is 0.264 e. The third-order valence-electron chi connectivity index (χ3n) is 2.67. The lowest BCUT2D eigenvalue weighted by molar-refractivity contribution is -0.120. The molecule has 0 aromatic heterocycles. The molecule has 112 valence electrons. The van der Waals surface area contributed by atoms with Crippen molar-refractivity contribution in [3.63, 3.8) is 0 Å². The second-order valence-electron chi connectivity index (χ2n) is 4.21. The Morgan fingerprint density at radius 3 is 2.45 bits per heavy atom. The van der Waals surface area contributed by atoms with Crippen LogP contribution in [0.2, 0.25) is 0 Å². The van der Waals surface area contributed by atoms with Gasteiger partial charge in [-0.25, -0.2) is 13.1 Å². The van der Waals surface area contributed by atoms with Crippen molar-refractivity contribution in [3.8, 4) is 0 Å². The highest BCUT2D eigenvalue weighted by Crippen LogP contribution is 2.10. The summed E-state index contributed by atoms with van der Waals surface area (Å²) >= 11 is 1.54. The van der Waals surface area contributed by atoms with E-state index in [1.54, 1.807) is 23.9 Å². The van der Waals surface area contributed by atoms with Crippen molar-refractivity contribution < 1.29 is 13.2 Å². The van der Waals surface area contributed by atoms with Crippen molar-refractivity contribution in [1.29, 1.82) is 0 Å². The highest BCUT2D eigenvalue weighted by atomic mass is 32.2. The zero-order valence-electron chi connectivity index (χ0n) is 11.2.